The largest absolute Gasteiger partial charge is 0.461 e. The molecular weight excluding hydrogens is 291 g/mol. The first-order chi connectivity index (χ1) is 7.63. The van der Waals surface area contributed by atoms with Crippen LogP contribution in [0.15, 0.2) is 33.2 Å². The highest BCUT2D eigenvalue weighted by atomic mass is 79.9. The second kappa shape index (κ2) is 4.44. The monoisotopic (exact) mass is 298 g/mol. The van der Waals surface area contributed by atoms with Crippen LogP contribution in [0.1, 0.15) is 11.3 Å². The van der Waals surface area contributed by atoms with Gasteiger partial charge in [-0.05, 0) is 31.2 Å². The van der Waals surface area contributed by atoms with Gasteiger partial charge in [-0.15, -0.1) is 0 Å². The highest BCUT2D eigenvalue weighted by Gasteiger charge is 2.13. The van der Waals surface area contributed by atoms with E-state index in [0.717, 1.165) is 21.0 Å². The molecule has 0 aliphatic rings. The molecule has 0 radical (unpaired) electrons. The molecule has 0 aliphatic heterocycles. The van der Waals surface area contributed by atoms with Crippen molar-refractivity contribution in [3.05, 3.63) is 40.1 Å². The Morgan fingerprint density at radius 2 is 2.25 bits per heavy atom. The molecule has 1 heterocycles. The number of aldehydes is 1. The molecule has 0 fully saturated rings. The summed E-state index contributed by atoms with van der Waals surface area (Å²) in [5.74, 6) is 0.705. The molecule has 0 spiro atoms. The van der Waals surface area contributed by atoms with E-state index in [9.17, 15) is 4.79 Å². The van der Waals surface area contributed by atoms with Gasteiger partial charge >= 0.3 is 0 Å². The van der Waals surface area contributed by atoms with Gasteiger partial charge in [0.1, 0.15) is 17.6 Å². The average Bonchev–Trinajstić information content (AvgIpc) is 2.53. The third-order valence-electron chi connectivity index (χ3n) is 2.28. The van der Waals surface area contributed by atoms with Crippen LogP contribution in [0.2, 0.25) is 0 Å². The quantitative estimate of drug-likeness (QED) is 0.612. The number of carbonyl (C=O) groups excluding carboxylic acids is 1. The molecule has 0 bridgehead atoms. The molecule has 1 aromatic heterocycles. The zero-order chi connectivity index (χ0) is 11.7. The fourth-order valence-corrected chi connectivity index (χ4v) is 2.28. The second-order valence-electron chi connectivity index (χ2n) is 3.32. The van der Waals surface area contributed by atoms with Crippen LogP contribution in [0.25, 0.3) is 16.0 Å². The Hall–Kier alpha value is -1.06. The normalized spacial score (nSPS) is 12.1. The Morgan fingerprint density at radius 1 is 1.50 bits per heavy atom. The highest BCUT2D eigenvalue weighted by molar-refractivity contribution is 9.10. The Labute approximate surface area is 106 Å². The minimum Gasteiger partial charge on any atom is -0.461 e. The average molecular weight is 300 g/mol. The predicted octanol–water partition coefficient (Wildman–Crippen LogP) is 4.28. The summed E-state index contributed by atoms with van der Waals surface area (Å²) in [7, 11) is 0. The number of fused-ring (bicyclic) bond motifs is 1. The van der Waals surface area contributed by atoms with Gasteiger partial charge in [-0.25, -0.2) is 0 Å². The lowest BCUT2D eigenvalue weighted by molar-refractivity contribution is -0.104. The first kappa shape index (κ1) is 11.4. The zero-order valence-corrected chi connectivity index (χ0v) is 10.8. The van der Waals surface area contributed by atoms with Gasteiger partial charge in [-0.3, -0.25) is 4.79 Å². The van der Waals surface area contributed by atoms with Crippen molar-refractivity contribution in [2.24, 2.45) is 0 Å². The fraction of sp³-hybridized carbons (Fsp3) is 0.0833. The molecule has 0 saturated heterocycles. The van der Waals surface area contributed by atoms with E-state index < -0.39 is 0 Å². The van der Waals surface area contributed by atoms with E-state index in [-0.39, 0.29) is 0 Å². The van der Waals surface area contributed by atoms with Crippen molar-refractivity contribution in [1.29, 1.82) is 0 Å². The molecule has 0 atom stereocenters. The molecule has 0 aliphatic carbocycles. The van der Waals surface area contributed by atoms with Gasteiger partial charge in [-0.1, -0.05) is 27.5 Å². The first-order valence-electron chi connectivity index (χ1n) is 4.63. The first-order valence-corrected chi connectivity index (χ1v) is 5.80. The molecule has 0 unspecified atom stereocenters. The Balaban J connectivity index is 2.77. The van der Waals surface area contributed by atoms with Crippen LogP contribution >= 0.6 is 27.5 Å². The molecule has 82 valence electrons. The Morgan fingerprint density at radius 3 is 2.94 bits per heavy atom. The standard InChI is InChI=1S/C12H8BrClO2/c1-7-12(10(14)4-5-15)9-6-8(13)2-3-11(9)16-7/h2-6H,1H3. The van der Waals surface area contributed by atoms with Crippen molar-refractivity contribution in [3.63, 3.8) is 0 Å². The summed E-state index contributed by atoms with van der Waals surface area (Å²) in [5, 5.41) is 1.29. The molecule has 4 heteroatoms. The van der Waals surface area contributed by atoms with Crippen molar-refractivity contribution in [3.8, 4) is 0 Å². The van der Waals surface area contributed by atoms with Crippen molar-refractivity contribution >= 4 is 49.8 Å². The molecule has 1 aromatic carbocycles. The lowest BCUT2D eigenvalue weighted by atomic mass is 10.1. The number of aryl methyl sites for hydroxylation is 1. The molecule has 0 saturated carbocycles. The summed E-state index contributed by atoms with van der Waals surface area (Å²) in [6, 6.07) is 5.68. The molecule has 2 aromatic rings. The summed E-state index contributed by atoms with van der Waals surface area (Å²) in [6.07, 6.45) is 1.98. The van der Waals surface area contributed by atoms with Crippen molar-refractivity contribution < 1.29 is 9.21 Å². The smallest absolute Gasteiger partial charge is 0.144 e. The Kier molecular flexibility index (Phi) is 3.17. The SMILES string of the molecule is Cc1oc2ccc(Br)cc2c1C(Cl)=CC=O. The van der Waals surface area contributed by atoms with Crippen molar-refractivity contribution in [2.75, 3.05) is 0 Å². The number of hydrogen-bond donors (Lipinski definition) is 0. The van der Waals surface area contributed by atoms with Gasteiger partial charge in [0.15, 0.2) is 0 Å². The number of halogens is 2. The number of allylic oxidation sites excluding steroid dienone is 1. The topological polar surface area (TPSA) is 30.2 Å². The summed E-state index contributed by atoms with van der Waals surface area (Å²) in [4.78, 5) is 10.4. The van der Waals surface area contributed by atoms with Crippen LogP contribution < -0.4 is 0 Å². The van der Waals surface area contributed by atoms with Crippen LogP contribution in [0.5, 0.6) is 0 Å². The third kappa shape index (κ3) is 1.93. The van der Waals surface area contributed by atoms with E-state index in [1.165, 1.54) is 6.08 Å². The molecule has 0 amide bonds. The van der Waals surface area contributed by atoms with E-state index in [4.69, 9.17) is 16.0 Å². The predicted molar refractivity (Wildman–Crippen MR) is 68.5 cm³/mol. The fourth-order valence-electron chi connectivity index (χ4n) is 1.63. The van der Waals surface area contributed by atoms with E-state index in [0.29, 0.717) is 17.1 Å². The number of benzene rings is 1. The van der Waals surface area contributed by atoms with E-state index in [1.54, 1.807) is 0 Å². The van der Waals surface area contributed by atoms with Gasteiger partial charge < -0.3 is 4.42 Å². The summed E-state index contributed by atoms with van der Waals surface area (Å²) >= 11 is 9.43. The van der Waals surface area contributed by atoms with E-state index in [1.807, 2.05) is 25.1 Å². The van der Waals surface area contributed by atoms with Gasteiger partial charge in [0.05, 0.1) is 5.03 Å². The van der Waals surface area contributed by atoms with Crippen LogP contribution in [0, 0.1) is 6.92 Å². The lowest BCUT2D eigenvalue weighted by Crippen LogP contribution is -1.79. The van der Waals surface area contributed by atoms with Gasteiger partial charge in [-0.2, -0.15) is 0 Å². The summed E-state index contributed by atoms with van der Waals surface area (Å²) < 4.78 is 6.50. The maximum Gasteiger partial charge on any atom is 0.144 e. The van der Waals surface area contributed by atoms with Crippen LogP contribution in [0.3, 0.4) is 0 Å². The maximum absolute atomic E-state index is 10.4. The molecule has 2 nitrogen and oxygen atoms in total. The highest BCUT2D eigenvalue weighted by Crippen LogP contribution is 2.34. The second-order valence-corrected chi connectivity index (χ2v) is 4.65. The summed E-state index contributed by atoms with van der Waals surface area (Å²) in [6.45, 7) is 1.82. The minimum atomic E-state index is 0.393. The lowest BCUT2D eigenvalue weighted by Gasteiger charge is -1.96. The third-order valence-corrected chi connectivity index (χ3v) is 3.09. The van der Waals surface area contributed by atoms with Gasteiger partial charge in [0, 0.05) is 15.4 Å². The minimum absolute atomic E-state index is 0.393. The molecule has 16 heavy (non-hydrogen) atoms. The number of carbonyl (C=O) groups is 1. The van der Waals surface area contributed by atoms with Gasteiger partial charge in [0.25, 0.3) is 0 Å². The van der Waals surface area contributed by atoms with Gasteiger partial charge in [0.2, 0.25) is 0 Å². The number of hydrogen-bond acceptors (Lipinski definition) is 2. The van der Waals surface area contributed by atoms with E-state index >= 15 is 0 Å². The number of rotatable bonds is 2. The van der Waals surface area contributed by atoms with Crippen LogP contribution in [-0.4, -0.2) is 6.29 Å². The molecule has 0 N–H and O–H groups in total. The zero-order valence-electron chi connectivity index (χ0n) is 8.46. The maximum atomic E-state index is 10.4. The number of furan rings is 1. The Bertz CT molecular complexity index is 584. The van der Waals surface area contributed by atoms with Crippen LogP contribution in [0.4, 0.5) is 0 Å². The van der Waals surface area contributed by atoms with E-state index in [2.05, 4.69) is 15.9 Å². The molecule has 2 rings (SSSR count). The van der Waals surface area contributed by atoms with Crippen molar-refractivity contribution in [1.82, 2.24) is 0 Å². The molecular formula is C12H8BrClO2. The summed E-state index contributed by atoms with van der Waals surface area (Å²) in [5.41, 5.74) is 1.53. The van der Waals surface area contributed by atoms with Crippen molar-refractivity contribution in [2.45, 2.75) is 6.92 Å². The van der Waals surface area contributed by atoms with Crippen LogP contribution in [-0.2, 0) is 4.79 Å².